The average Bonchev–Trinajstić information content (AvgIpc) is 2.37. The number of rotatable bonds is 7. The number of hydrogen-bond donors (Lipinski definition) is 1. The van der Waals surface area contributed by atoms with E-state index in [1.165, 1.54) is 0 Å². The van der Waals surface area contributed by atoms with E-state index in [1.807, 2.05) is 11.0 Å². The van der Waals surface area contributed by atoms with Crippen LogP contribution < -0.4 is 4.90 Å². The third kappa shape index (κ3) is 4.92. The second-order valence-electron chi connectivity index (χ2n) is 4.64. The van der Waals surface area contributed by atoms with Crippen LogP contribution in [-0.4, -0.2) is 24.2 Å². The first kappa shape index (κ1) is 16.1. The fourth-order valence-electron chi connectivity index (χ4n) is 1.77. The zero-order chi connectivity index (χ0) is 14.4. The molecule has 0 bridgehead atoms. The number of benzene rings is 1. The Morgan fingerprint density at radius 3 is 2.58 bits per heavy atom. The molecule has 5 heteroatoms. The number of hydrogen-bond acceptors (Lipinski definition) is 2. The molecule has 19 heavy (non-hydrogen) atoms. The Bertz CT molecular complexity index is 437. The van der Waals surface area contributed by atoms with E-state index in [-0.39, 0.29) is 0 Å². The summed E-state index contributed by atoms with van der Waals surface area (Å²) < 4.78 is 0. The fourth-order valence-corrected chi connectivity index (χ4v) is 2.06. The molecule has 0 aliphatic carbocycles. The lowest BCUT2D eigenvalue weighted by Crippen LogP contribution is -2.32. The zero-order valence-electron chi connectivity index (χ0n) is 11.2. The van der Waals surface area contributed by atoms with E-state index in [2.05, 4.69) is 6.92 Å². The van der Waals surface area contributed by atoms with Crippen LogP contribution in [0, 0.1) is 5.92 Å². The molecule has 0 saturated carbocycles. The average molecular weight is 304 g/mol. The number of anilines is 1. The predicted octanol–water partition coefficient (Wildman–Crippen LogP) is 4.32. The summed E-state index contributed by atoms with van der Waals surface area (Å²) >= 11 is 11.9. The van der Waals surface area contributed by atoms with Crippen LogP contribution in [0.4, 0.5) is 5.69 Å². The molecular formula is C14H19Cl2NO2. The van der Waals surface area contributed by atoms with Gasteiger partial charge in [0, 0.05) is 18.8 Å². The lowest BCUT2D eigenvalue weighted by molar-refractivity contribution is -0.140. The summed E-state index contributed by atoms with van der Waals surface area (Å²) in [5.74, 6) is -1.21. The van der Waals surface area contributed by atoms with Crippen molar-refractivity contribution < 1.29 is 9.90 Å². The fraction of sp³-hybridized carbons (Fsp3) is 0.500. The minimum atomic E-state index is -0.790. The van der Waals surface area contributed by atoms with Crippen molar-refractivity contribution in [3.05, 3.63) is 28.2 Å². The predicted molar refractivity (Wildman–Crippen MR) is 80.4 cm³/mol. The Balaban J connectivity index is 2.88. The van der Waals surface area contributed by atoms with E-state index in [0.29, 0.717) is 16.6 Å². The van der Waals surface area contributed by atoms with Crippen molar-refractivity contribution in [1.82, 2.24) is 0 Å². The molecule has 1 atom stereocenters. The van der Waals surface area contributed by atoms with Crippen molar-refractivity contribution in [2.75, 3.05) is 18.0 Å². The first-order chi connectivity index (χ1) is 8.95. The van der Waals surface area contributed by atoms with Crippen molar-refractivity contribution >= 4 is 34.9 Å². The van der Waals surface area contributed by atoms with Gasteiger partial charge in [0.2, 0.25) is 0 Å². The Morgan fingerprint density at radius 2 is 2.05 bits per heavy atom. The second kappa shape index (κ2) is 7.61. The van der Waals surface area contributed by atoms with Crippen molar-refractivity contribution in [2.45, 2.75) is 26.7 Å². The molecule has 106 valence electrons. The number of halogens is 2. The summed E-state index contributed by atoms with van der Waals surface area (Å²) in [5.41, 5.74) is 0.913. The standard InChI is InChI=1S/C14H19Cl2NO2/c1-3-4-7-17(9-10(2)14(18)19)11-5-6-12(15)13(16)8-11/h5-6,8,10H,3-4,7,9H2,1-2H3,(H,18,19). The molecule has 1 N–H and O–H groups in total. The first-order valence-electron chi connectivity index (χ1n) is 6.38. The van der Waals surface area contributed by atoms with E-state index in [0.717, 1.165) is 25.1 Å². The summed E-state index contributed by atoms with van der Waals surface area (Å²) in [6.45, 7) is 5.09. The number of carbonyl (C=O) groups is 1. The van der Waals surface area contributed by atoms with Gasteiger partial charge in [-0.05, 0) is 24.6 Å². The summed E-state index contributed by atoms with van der Waals surface area (Å²) in [5, 5.41) is 10.0. The zero-order valence-corrected chi connectivity index (χ0v) is 12.7. The second-order valence-corrected chi connectivity index (χ2v) is 5.45. The molecule has 0 amide bonds. The van der Waals surface area contributed by atoms with Gasteiger partial charge in [-0.1, -0.05) is 43.5 Å². The Hall–Kier alpha value is -0.930. The van der Waals surface area contributed by atoms with Gasteiger partial charge >= 0.3 is 5.97 Å². The molecular weight excluding hydrogens is 285 g/mol. The monoisotopic (exact) mass is 303 g/mol. The molecule has 1 aromatic carbocycles. The highest BCUT2D eigenvalue weighted by molar-refractivity contribution is 6.42. The van der Waals surface area contributed by atoms with E-state index < -0.39 is 11.9 Å². The van der Waals surface area contributed by atoms with E-state index in [9.17, 15) is 4.79 Å². The molecule has 0 radical (unpaired) electrons. The molecule has 3 nitrogen and oxygen atoms in total. The van der Waals surface area contributed by atoms with Crippen LogP contribution in [-0.2, 0) is 4.79 Å². The number of nitrogens with zero attached hydrogens (tertiary/aromatic N) is 1. The maximum Gasteiger partial charge on any atom is 0.308 e. The van der Waals surface area contributed by atoms with Gasteiger partial charge in [-0.2, -0.15) is 0 Å². The molecule has 0 aliphatic rings. The van der Waals surface area contributed by atoms with E-state index in [4.69, 9.17) is 28.3 Å². The van der Waals surface area contributed by atoms with Gasteiger partial charge in [-0.3, -0.25) is 4.79 Å². The Kier molecular flexibility index (Phi) is 6.46. The highest BCUT2D eigenvalue weighted by atomic mass is 35.5. The largest absolute Gasteiger partial charge is 0.481 e. The van der Waals surface area contributed by atoms with Crippen molar-refractivity contribution in [3.63, 3.8) is 0 Å². The van der Waals surface area contributed by atoms with Crippen LogP contribution in [0.25, 0.3) is 0 Å². The number of carboxylic acid groups (broad SMARTS) is 1. The van der Waals surface area contributed by atoms with Gasteiger partial charge in [0.1, 0.15) is 0 Å². The van der Waals surface area contributed by atoms with Gasteiger partial charge in [0.05, 0.1) is 16.0 Å². The lowest BCUT2D eigenvalue weighted by atomic mass is 10.1. The van der Waals surface area contributed by atoms with Crippen molar-refractivity contribution in [3.8, 4) is 0 Å². The highest BCUT2D eigenvalue weighted by Gasteiger charge is 2.17. The Morgan fingerprint density at radius 1 is 1.37 bits per heavy atom. The summed E-state index contributed by atoms with van der Waals surface area (Å²) in [7, 11) is 0. The molecule has 0 spiro atoms. The molecule has 1 aromatic rings. The third-order valence-corrected chi connectivity index (χ3v) is 3.70. The van der Waals surface area contributed by atoms with E-state index >= 15 is 0 Å². The van der Waals surface area contributed by atoms with Crippen LogP contribution >= 0.6 is 23.2 Å². The third-order valence-electron chi connectivity index (χ3n) is 2.97. The van der Waals surface area contributed by atoms with Gasteiger partial charge in [0.25, 0.3) is 0 Å². The maximum absolute atomic E-state index is 11.0. The van der Waals surface area contributed by atoms with Gasteiger partial charge in [0.15, 0.2) is 0 Å². The quantitative estimate of drug-likeness (QED) is 0.815. The van der Waals surface area contributed by atoms with Crippen LogP contribution in [0.15, 0.2) is 18.2 Å². The van der Waals surface area contributed by atoms with Crippen LogP contribution in [0.1, 0.15) is 26.7 Å². The molecule has 1 unspecified atom stereocenters. The molecule has 0 fully saturated rings. The number of carboxylic acids is 1. The first-order valence-corrected chi connectivity index (χ1v) is 7.14. The van der Waals surface area contributed by atoms with Gasteiger partial charge in [-0.15, -0.1) is 0 Å². The summed E-state index contributed by atoms with van der Waals surface area (Å²) in [6, 6.07) is 5.40. The van der Waals surface area contributed by atoms with Crippen molar-refractivity contribution in [2.24, 2.45) is 5.92 Å². The number of aliphatic carboxylic acids is 1. The molecule has 0 aliphatic heterocycles. The normalized spacial score (nSPS) is 12.2. The molecule has 0 aromatic heterocycles. The van der Waals surface area contributed by atoms with E-state index in [1.54, 1.807) is 19.1 Å². The summed E-state index contributed by atoms with van der Waals surface area (Å²) in [4.78, 5) is 13.0. The van der Waals surface area contributed by atoms with Gasteiger partial charge < -0.3 is 10.0 Å². The minimum absolute atomic E-state index is 0.425. The van der Waals surface area contributed by atoms with Crippen molar-refractivity contribution in [1.29, 1.82) is 0 Å². The topological polar surface area (TPSA) is 40.5 Å². The molecule has 0 heterocycles. The highest BCUT2D eigenvalue weighted by Crippen LogP contribution is 2.27. The Labute approximate surface area is 124 Å². The number of unbranched alkanes of at least 4 members (excludes halogenated alkanes) is 1. The van der Waals surface area contributed by atoms with Crippen LogP contribution in [0.2, 0.25) is 10.0 Å². The van der Waals surface area contributed by atoms with Crippen LogP contribution in [0.5, 0.6) is 0 Å². The molecule has 0 saturated heterocycles. The maximum atomic E-state index is 11.0. The van der Waals surface area contributed by atoms with Gasteiger partial charge in [-0.25, -0.2) is 0 Å². The molecule has 1 rings (SSSR count). The SMILES string of the molecule is CCCCN(CC(C)C(=O)O)c1ccc(Cl)c(Cl)c1. The minimum Gasteiger partial charge on any atom is -0.481 e. The lowest BCUT2D eigenvalue weighted by Gasteiger charge is -2.27. The smallest absolute Gasteiger partial charge is 0.308 e. The summed E-state index contributed by atoms with van der Waals surface area (Å²) in [6.07, 6.45) is 2.06. The van der Waals surface area contributed by atoms with Crippen LogP contribution in [0.3, 0.4) is 0 Å².